The lowest BCUT2D eigenvalue weighted by atomic mass is 9.89. The van der Waals surface area contributed by atoms with Gasteiger partial charge in [0.05, 0.1) is 19.3 Å². The molecule has 1 aliphatic carbocycles. The van der Waals surface area contributed by atoms with Gasteiger partial charge in [-0.2, -0.15) is 0 Å². The van der Waals surface area contributed by atoms with E-state index in [-0.39, 0.29) is 18.5 Å². The van der Waals surface area contributed by atoms with Crippen molar-refractivity contribution in [2.75, 3.05) is 19.0 Å². The number of benzene rings is 2. The summed E-state index contributed by atoms with van der Waals surface area (Å²) in [5.74, 6) is 0.777. The molecule has 0 unspecified atom stereocenters. The molecule has 1 atom stereocenters. The number of aliphatic hydroxyl groups is 1. The summed E-state index contributed by atoms with van der Waals surface area (Å²) in [5.41, 5.74) is 0.400. The van der Waals surface area contributed by atoms with Crippen LogP contribution in [0.25, 0.3) is 0 Å². The van der Waals surface area contributed by atoms with Crippen molar-refractivity contribution in [2.24, 2.45) is 5.92 Å². The van der Waals surface area contributed by atoms with Crippen LogP contribution in [0, 0.1) is 5.92 Å². The number of carbonyl (C=O) groups is 1. The lowest BCUT2D eigenvalue weighted by Crippen LogP contribution is -2.43. The van der Waals surface area contributed by atoms with Gasteiger partial charge >= 0.3 is 6.03 Å². The molecule has 1 saturated carbocycles. The monoisotopic (exact) mass is 326 g/mol. The van der Waals surface area contributed by atoms with Crippen molar-refractivity contribution in [3.05, 3.63) is 60.2 Å². The van der Waals surface area contributed by atoms with E-state index in [2.05, 4.69) is 10.6 Å². The van der Waals surface area contributed by atoms with E-state index in [4.69, 9.17) is 4.74 Å². The van der Waals surface area contributed by atoms with Gasteiger partial charge in [0.2, 0.25) is 0 Å². The summed E-state index contributed by atoms with van der Waals surface area (Å²) in [6.45, 7) is 0.169. The predicted molar refractivity (Wildman–Crippen MR) is 93.1 cm³/mol. The second-order valence-electron chi connectivity index (χ2n) is 6.07. The highest BCUT2D eigenvalue weighted by Crippen LogP contribution is 2.45. The van der Waals surface area contributed by atoms with Gasteiger partial charge in [0.1, 0.15) is 11.4 Å². The van der Waals surface area contributed by atoms with Crippen molar-refractivity contribution in [1.82, 2.24) is 5.32 Å². The molecule has 2 aromatic carbocycles. The highest BCUT2D eigenvalue weighted by atomic mass is 16.5. The summed E-state index contributed by atoms with van der Waals surface area (Å²) in [7, 11) is 1.56. The van der Waals surface area contributed by atoms with Crippen LogP contribution in [0.3, 0.4) is 0 Å². The molecule has 1 fully saturated rings. The first-order valence-electron chi connectivity index (χ1n) is 8.09. The van der Waals surface area contributed by atoms with Gasteiger partial charge in [0, 0.05) is 0 Å². The van der Waals surface area contributed by atoms with Gasteiger partial charge in [-0.25, -0.2) is 4.79 Å². The number of hydrogen-bond donors (Lipinski definition) is 3. The van der Waals surface area contributed by atoms with Gasteiger partial charge in [-0.1, -0.05) is 42.5 Å². The van der Waals surface area contributed by atoms with Crippen LogP contribution < -0.4 is 15.4 Å². The molecule has 3 N–H and O–H groups in total. The van der Waals surface area contributed by atoms with E-state index >= 15 is 0 Å². The lowest BCUT2D eigenvalue weighted by molar-refractivity contribution is 0.0164. The van der Waals surface area contributed by atoms with E-state index in [1.54, 1.807) is 19.2 Å². The zero-order valence-electron chi connectivity index (χ0n) is 13.7. The summed E-state index contributed by atoms with van der Waals surface area (Å²) >= 11 is 0. The van der Waals surface area contributed by atoms with E-state index in [9.17, 15) is 9.90 Å². The molecule has 0 saturated heterocycles. The zero-order valence-corrected chi connectivity index (χ0v) is 13.7. The van der Waals surface area contributed by atoms with Crippen molar-refractivity contribution in [3.8, 4) is 5.75 Å². The van der Waals surface area contributed by atoms with Crippen molar-refractivity contribution in [1.29, 1.82) is 0 Å². The predicted octanol–water partition coefficient (Wildman–Crippen LogP) is 3.11. The van der Waals surface area contributed by atoms with Crippen LogP contribution in [0.15, 0.2) is 54.6 Å². The maximum Gasteiger partial charge on any atom is 0.319 e. The Balaban J connectivity index is 1.66. The highest BCUT2D eigenvalue weighted by Gasteiger charge is 2.45. The number of carbonyl (C=O) groups excluding carboxylic acids is 1. The van der Waals surface area contributed by atoms with Crippen LogP contribution in [-0.2, 0) is 5.60 Å². The second-order valence-corrected chi connectivity index (χ2v) is 6.07. The normalized spacial score (nSPS) is 16.1. The SMILES string of the molecule is COc1ccccc1NC(=O)NC[C@](O)(c1ccccc1)C1CC1. The minimum absolute atomic E-state index is 0.169. The molecular weight excluding hydrogens is 304 g/mol. The number of para-hydroxylation sites is 2. The fourth-order valence-corrected chi connectivity index (χ4v) is 2.90. The quantitative estimate of drug-likeness (QED) is 0.764. The molecule has 5 heteroatoms. The summed E-state index contributed by atoms with van der Waals surface area (Å²) in [4.78, 5) is 12.2. The Hall–Kier alpha value is -2.53. The first-order valence-corrected chi connectivity index (χ1v) is 8.09. The molecule has 126 valence electrons. The van der Waals surface area contributed by atoms with Crippen molar-refractivity contribution < 1.29 is 14.6 Å². The minimum atomic E-state index is -1.03. The smallest absolute Gasteiger partial charge is 0.319 e. The molecule has 0 radical (unpaired) electrons. The van der Waals surface area contributed by atoms with E-state index in [1.165, 1.54) is 0 Å². The molecule has 0 heterocycles. The maximum atomic E-state index is 12.2. The molecule has 1 aliphatic rings. The summed E-state index contributed by atoms with van der Waals surface area (Å²) in [5, 5.41) is 16.6. The number of methoxy groups -OCH3 is 1. The van der Waals surface area contributed by atoms with Crippen molar-refractivity contribution >= 4 is 11.7 Å². The average molecular weight is 326 g/mol. The summed E-state index contributed by atoms with van der Waals surface area (Å²) < 4.78 is 5.22. The molecule has 24 heavy (non-hydrogen) atoms. The zero-order chi connectivity index (χ0) is 17.0. The third-order valence-electron chi connectivity index (χ3n) is 4.40. The fraction of sp³-hybridized carbons (Fsp3) is 0.316. The van der Waals surface area contributed by atoms with E-state index in [0.29, 0.717) is 11.4 Å². The van der Waals surface area contributed by atoms with Gasteiger partial charge in [-0.05, 0) is 36.5 Å². The Bertz CT molecular complexity index is 701. The third-order valence-corrected chi connectivity index (χ3v) is 4.40. The number of nitrogens with one attached hydrogen (secondary N) is 2. The van der Waals surface area contributed by atoms with Crippen molar-refractivity contribution in [3.63, 3.8) is 0 Å². The fourth-order valence-electron chi connectivity index (χ4n) is 2.90. The number of anilines is 1. The minimum Gasteiger partial charge on any atom is -0.495 e. The average Bonchev–Trinajstić information content (AvgIpc) is 3.46. The molecule has 0 bridgehead atoms. The van der Waals surface area contributed by atoms with Crippen LogP contribution >= 0.6 is 0 Å². The van der Waals surface area contributed by atoms with E-state index in [1.807, 2.05) is 42.5 Å². The second kappa shape index (κ2) is 6.93. The number of rotatable bonds is 6. The molecule has 5 nitrogen and oxygen atoms in total. The summed E-state index contributed by atoms with van der Waals surface area (Å²) in [6.07, 6.45) is 1.95. The molecule has 0 aliphatic heterocycles. The Labute approximate surface area is 141 Å². The van der Waals surface area contributed by atoms with E-state index in [0.717, 1.165) is 18.4 Å². The van der Waals surface area contributed by atoms with Crippen molar-refractivity contribution in [2.45, 2.75) is 18.4 Å². The Morgan fingerprint density at radius 2 is 1.83 bits per heavy atom. The number of amides is 2. The van der Waals surface area contributed by atoms with Crippen LogP contribution in [0.4, 0.5) is 10.5 Å². The Morgan fingerprint density at radius 3 is 2.50 bits per heavy atom. The lowest BCUT2D eigenvalue weighted by Gasteiger charge is -2.29. The third kappa shape index (κ3) is 3.51. The summed E-state index contributed by atoms with van der Waals surface area (Å²) in [6, 6.07) is 16.4. The van der Waals surface area contributed by atoms with Crippen LogP contribution in [0.2, 0.25) is 0 Å². The number of urea groups is 1. The number of hydrogen-bond acceptors (Lipinski definition) is 3. The molecule has 2 amide bonds. The highest BCUT2D eigenvalue weighted by molar-refractivity contribution is 5.90. The largest absolute Gasteiger partial charge is 0.495 e. The molecule has 3 rings (SSSR count). The van der Waals surface area contributed by atoms with Crippen LogP contribution in [-0.4, -0.2) is 24.8 Å². The first kappa shape index (κ1) is 16.3. The van der Waals surface area contributed by atoms with Crippen LogP contribution in [0.5, 0.6) is 5.75 Å². The van der Waals surface area contributed by atoms with E-state index < -0.39 is 5.60 Å². The van der Waals surface area contributed by atoms with Gasteiger partial charge in [-0.3, -0.25) is 0 Å². The van der Waals surface area contributed by atoms with Gasteiger partial charge in [0.15, 0.2) is 0 Å². The molecular formula is C19H22N2O3. The molecule has 0 aromatic heterocycles. The standard InChI is InChI=1S/C19H22N2O3/c1-24-17-10-6-5-9-16(17)21-18(22)20-13-19(23,15-11-12-15)14-7-3-2-4-8-14/h2-10,15,23H,11-13H2,1H3,(H2,20,21,22)/t19-/m0/s1. The van der Waals surface area contributed by atoms with Gasteiger partial charge in [0.25, 0.3) is 0 Å². The topological polar surface area (TPSA) is 70.6 Å². The Kier molecular flexibility index (Phi) is 4.71. The van der Waals surface area contributed by atoms with Gasteiger partial charge < -0.3 is 20.5 Å². The van der Waals surface area contributed by atoms with Gasteiger partial charge in [-0.15, -0.1) is 0 Å². The first-order chi connectivity index (χ1) is 11.6. The number of ether oxygens (including phenoxy) is 1. The molecule has 0 spiro atoms. The molecule has 2 aromatic rings. The van der Waals surface area contributed by atoms with Crippen LogP contribution in [0.1, 0.15) is 18.4 Å². The Morgan fingerprint density at radius 1 is 1.17 bits per heavy atom. The maximum absolute atomic E-state index is 12.2.